The Hall–Kier alpha value is -1.30. The summed E-state index contributed by atoms with van der Waals surface area (Å²) in [6, 6.07) is 0.466. The van der Waals surface area contributed by atoms with E-state index in [0.717, 1.165) is 12.8 Å². The van der Waals surface area contributed by atoms with E-state index < -0.39 is 17.6 Å². The van der Waals surface area contributed by atoms with Crippen LogP contribution >= 0.6 is 0 Å². The van der Waals surface area contributed by atoms with E-state index in [0.29, 0.717) is 12.6 Å². The van der Waals surface area contributed by atoms with E-state index in [2.05, 4.69) is 4.98 Å². The third-order valence-corrected chi connectivity index (χ3v) is 2.32. The number of halogens is 3. The van der Waals surface area contributed by atoms with Gasteiger partial charge in [0.15, 0.2) is 17.5 Å². The second-order valence-corrected chi connectivity index (χ2v) is 3.63. The van der Waals surface area contributed by atoms with Crippen molar-refractivity contribution in [3.63, 3.8) is 0 Å². The minimum atomic E-state index is -1.33. The molecular formula is C11H15F3N2O. The Kier molecular flexibility index (Phi) is 5.21. The third-order valence-electron chi connectivity index (χ3n) is 2.32. The molecule has 0 spiro atoms. The lowest BCUT2D eigenvalue weighted by Gasteiger charge is -2.22. The lowest BCUT2D eigenvalue weighted by atomic mass is 10.3. The fraction of sp³-hybridized carbons (Fsp3) is 0.545. The van der Waals surface area contributed by atoms with Crippen molar-refractivity contribution in [2.45, 2.75) is 19.8 Å². The van der Waals surface area contributed by atoms with Crippen LogP contribution in [0.5, 0.6) is 0 Å². The fourth-order valence-electron chi connectivity index (χ4n) is 1.45. The summed E-state index contributed by atoms with van der Waals surface area (Å²) in [5, 5.41) is 8.85. The summed E-state index contributed by atoms with van der Waals surface area (Å²) in [5.74, 6) is -3.83. The van der Waals surface area contributed by atoms with Gasteiger partial charge in [0.1, 0.15) is 0 Å². The summed E-state index contributed by atoms with van der Waals surface area (Å²) in [5.41, 5.74) is 0. The molecule has 0 aromatic carbocycles. The van der Waals surface area contributed by atoms with Crippen LogP contribution in [0.4, 0.5) is 19.0 Å². The van der Waals surface area contributed by atoms with Crippen LogP contribution in [-0.4, -0.2) is 29.8 Å². The maximum Gasteiger partial charge on any atom is 0.251 e. The van der Waals surface area contributed by atoms with Crippen molar-refractivity contribution >= 4 is 5.82 Å². The summed E-state index contributed by atoms with van der Waals surface area (Å²) in [6.45, 7) is 2.32. The van der Waals surface area contributed by atoms with Gasteiger partial charge in [-0.05, 0) is 6.42 Å². The van der Waals surface area contributed by atoms with Gasteiger partial charge in [0, 0.05) is 19.2 Å². The molecule has 0 aliphatic carbocycles. The lowest BCUT2D eigenvalue weighted by Crippen LogP contribution is -2.30. The number of rotatable bonds is 6. The SMILES string of the molecule is CCCCN(CCO)c1nc(F)c(F)cc1F. The molecule has 0 aliphatic heterocycles. The minimum absolute atomic E-state index is 0.134. The highest BCUT2D eigenvalue weighted by Crippen LogP contribution is 2.19. The first kappa shape index (κ1) is 13.8. The second kappa shape index (κ2) is 6.44. The fourth-order valence-corrected chi connectivity index (χ4v) is 1.45. The van der Waals surface area contributed by atoms with Crippen molar-refractivity contribution in [1.29, 1.82) is 0 Å². The number of nitrogens with zero attached hydrogens (tertiary/aromatic N) is 2. The van der Waals surface area contributed by atoms with Gasteiger partial charge in [0.05, 0.1) is 6.61 Å². The van der Waals surface area contributed by atoms with Crippen LogP contribution in [-0.2, 0) is 0 Å². The number of aliphatic hydroxyl groups excluding tert-OH is 1. The van der Waals surface area contributed by atoms with E-state index in [1.54, 1.807) is 0 Å². The first-order valence-electron chi connectivity index (χ1n) is 5.47. The number of pyridine rings is 1. The quantitative estimate of drug-likeness (QED) is 0.783. The Labute approximate surface area is 97.9 Å². The Morgan fingerprint density at radius 3 is 2.53 bits per heavy atom. The van der Waals surface area contributed by atoms with E-state index in [4.69, 9.17) is 5.11 Å². The summed E-state index contributed by atoms with van der Waals surface area (Å²) in [4.78, 5) is 4.65. The molecule has 1 aromatic rings. The first-order chi connectivity index (χ1) is 8.10. The van der Waals surface area contributed by atoms with E-state index in [9.17, 15) is 13.2 Å². The number of hydrogen-bond donors (Lipinski definition) is 1. The summed E-state index contributed by atoms with van der Waals surface area (Å²) < 4.78 is 39.1. The van der Waals surface area contributed by atoms with Gasteiger partial charge in [0.2, 0.25) is 0 Å². The molecule has 6 heteroatoms. The monoisotopic (exact) mass is 248 g/mol. The molecule has 96 valence electrons. The minimum Gasteiger partial charge on any atom is -0.395 e. The van der Waals surface area contributed by atoms with Crippen molar-refractivity contribution in [3.05, 3.63) is 23.6 Å². The molecule has 0 saturated heterocycles. The van der Waals surface area contributed by atoms with Crippen LogP contribution in [0.25, 0.3) is 0 Å². The molecule has 0 amide bonds. The number of anilines is 1. The molecule has 0 radical (unpaired) electrons. The van der Waals surface area contributed by atoms with Crippen LogP contribution in [0.15, 0.2) is 6.07 Å². The van der Waals surface area contributed by atoms with Crippen LogP contribution < -0.4 is 4.90 Å². The van der Waals surface area contributed by atoms with Crippen molar-refractivity contribution in [1.82, 2.24) is 4.98 Å². The van der Waals surface area contributed by atoms with Gasteiger partial charge >= 0.3 is 0 Å². The zero-order chi connectivity index (χ0) is 12.8. The highest BCUT2D eigenvalue weighted by molar-refractivity contribution is 5.40. The zero-order valence-corrected chi connectivity index (χ0v) is 9.59. The van der Waals surface area contributed by atoms with Gasteiger partial charge in [-0.25, -0.2) is 8.78 Å². The van der Waals surface area contributed by atoms with Crippen molar-refractivity contribution in [2.24, 2.45) is 0 Å². The number of aliphatic hydroxyl groups is 1. The van der Waals surface area contributed by atoms with Crippen molar-refractivity contribution in [3.8, 4) is 0 Å². The van der Waals surface area contributed by atoms with Crippen LogP contribution in [0, 0.1) is 17.6 Å². The molecule has 0 saturated carbocycles. The highest BCUT2D eigenvalue weighted by Gasteiger charge is 2.16. The standard InChI is InChI=1S/C11H15F3N2O/c1-2-3-4-16(5-6-17)11-9(13)7-8(12)10(14)15-11/h7,17H,2-6H2,1H3. The maximum absolute atomic E-state index is 13.4. The molecule has 0 fully saturated rings. The van der Waals surface area contributed by atoms with Crippen molar-refractivity contribution < 1.29 is 18.3 Å². The van der Waals surface area contributed by atoms with E-state index >= 15 is 0 Å². The van der Waals surface area contributed by atoms with Gasteiger partial charge in [-0.3, -0.25) is 0 Å². The molecule has 17 heavy (non-hydrogen) atoms. The zero-order valence-electron chi connectivity index (χ0n) is 9.59. The molecule has 1 aromatic heterocycles. The smallest absolute Gasteiger partial charge is 0.251 e. The molecular weight excluding hydrogens is 233 g/mol. The van der Waals surface area contributed by atoms with Crippen LogP contribution in [0.2, 0.25) is 0 Å². The van der Waals surface area contributed by atoms with E-state index in [-0.39, 0.29) is 19.0 Å². The summed E-state index contributed by atoms with van der Waals surface area (Å²) >= 11 is 0. The van der Waals surface area contributed by atoms with E-state index in [1.807, 2.05) is 6.92 Å². The Balaban J connectivity index is 2.96. The van der Waals surface area contributed by atoms with Gasteiger partial charge in [0.25, 0.3) is 5.95 Å². The molecule has 3 nitrogen and oxygen atoms in total. The molecule has 0 bridgehead atoms. The Bertz CT molecular complexity index is 374. The predicted octanol–water partition coefficient (Wildman–Crippen LogP) is 2.10. The van der Waals surface area contributed by atoms with Crippen LogP contribution in [0.1, 0.15) is 19.8 Å². The average Bonchev–Trinajstić information content (AvgIpc) is 2.29. The highest BCUT2D eigenvalue weighted by atomic mass is 19.2. The normalized spacial score (nSPS) is 10.6. The predicted molar refractivity (Wildman–Crippen MR) is 58.3 cm³/mol. The molecule has 1 N–H and O–H groups in total. The van der Waals surface area contributed by atoms with Crippen molar-refractivity contribution in [2.75, 3.05) is 24.6 Å². The topological polar surface area (TPSA) is 36.4 Å². The lowest BCUT2D eigenvalue weighted by molar-refractivity contribution is 0.300. The molecule has 1 rings (SSSR count). The number of hydrogen-bond acceptors (Lipinski definition) is 3. The Morgan fingerprint density at radius 1 is 1.24 bits per heavy atom. The first-order valence-corrected chi connectivity index (χ1v) is 5.47. The number of aromatic nitrogens is 1. The largest absolute Gasteiger partial charge is 0.395 e. The van der Waals surface area contributed by atoms with Gasteiger partial charge in [-0.1, -0.05) is 13.3 Å². The average molecular weight is 248 g/mol. The Morgan fingerprint density at radius 2 is 1.94 bits per heavy atom. The second-order valence-electron chi connectivity index (χ2n) is 3.63. The molecule has 0 aliphatic rings. The number of unbranched alkanes of at least 4 members (excludes halogenated alkanes) is 1. The third kappa shape index (κ3) is 3.59. The van der Waals surface area contributed by atoms with Crippen LogP contribution in [0.3, 0.4) is 0 Å². The molecule has 1 heterocycles. The summed E-state index contributed by atoms with van der Waals surface area (Å²) in [7, 11) is 0. The molecule has 0 atom stereocenters. The van der Waals surface area contributed by atoms with E-state index in [1.165, 1.54) is 4.90 Å². The maximum atomic E-state index is 13.4. The van der Waals surface area contributed by atoms with Gasteiger partial charge in [-0.2, -0.15) is 9.37 Å². The molecule has 0 unspecified atom stereocenters. The summed E-state index contributed by atoms with van der Waals surface area (Å²) in [6.07, 6.45) is 1.62. The van der Waals surface area contributed by atoms with Gasteiger partial charge in [-0.15, -0.1) is 0 Å². The van der Waals surface area contributed by atoms with Gasteiger partial charge < -0.3 is 10.0 Å².